The van der Waals surface area contributed by atoms with E-state index in [0.29, 0.717) is 26.1 Å². The summed E-state index contributed by atoms with van der Waals surface area (Å²) in [6.07, 6.45) is 0.352. The summed E-state index contributed by atoms with van der Waals surface area (Å²) in [6.45, 7) is 1.36. The van der Waals surface area contributed by atoms with Gasteiger partial charge in [0.15, 0.2) is 0 Å². The van der Waals surface area contributed by atoms with E-state index in [9.17, 15) is 14.3 Å². The molecular formula is C16H17FN2O3S. The summed E-state index contributed by atoms with van der Waals surface area (Å²) in [5.74, 6) is -1.74. The molecule has 1 aliphatic rings. The second-order valence-electron chi connectivity index (χ2n) is 5.56. The van der Waals surface area contributed by atoms with Gasteiger partial charge in [-0.05, 0) is 30.2 Å². The minimum absolute atomic E-state index is 0.342. The van der Waals surface area contributed by atoms with Gasteiger partial charge >= 0.3 is 5.97 Å². The molecule has 1 atom stereocenters. The SMILES string of the molecule is COCc1nc(CN2CC(C(=O)O)Cc3cc(F)ccc32)cs1. The van der Waals surface area contributed by atoms with Gasteiger partial charge in [-0.15, -0.1) is 11.3 Å². The summed E-state index contributed by atoms with van der Waals surface area (Å²) in [5.41, 5.74) is 2.48. The number of aliphatic carboxylic acids is 1. The molecule has 7 heteroatoms. The average Bonchev–Trinajstić information content (AvgIpc) is 2.94. The van der Waals surface area contributed by atoms with Crippen LogP contribution in [0.5, 0.6) is 0 Å². The summed E-state index contributed by atoms with van der Waals surface area (Å²) in [4.78, 5) is 17.8. The number of hydrogen-bond acceptors (Lipinski definition) is 5. The fraction of sp³-hybridized carbons (Fsp3) is 0.375. The smallest absolute Gasteiger partial charge is 0.308 e. The third-order valence-electron chi connectivity index (χ3n) is 3.86. The molecule has 0 fully saturated rings. The number of methoxy groups -OCH3 is 1. The Kier molecular flexibility index (Phi) is 4.58. The zero-order chi connectivity index (χ0) is 16.4. The maximum absolute atomic E-state index is 13.5. The lowest BCUT2D eigenvalue weighted by molar-refractivity contribution is -0.141. The summed E-state index contributed by atoms with van der Waals surface area (Å²) in [5, 5.41) is 12.2. The third-order valence-corrected chi connectivity index (χ3v) is 4.73. The molecule has 122 valence electrons. The van der Waals surface area contributed by atoms with Crippen LogP contribution in [0.3, 0.4) is 0 Å². The van der Waals surface area contributed by atoms with Crippen molar-refractivity contribution in [2.45, 2.75) is 19.6 Å². The van der Waals surface area contributed by atoms with Crippen LogP contribution in [-0.2, 0) is 29.1 Å². The lowest BCUT2D eigenvalue weighted by Crippen LogP contribution is -2.38. The zero-order valence-electron chi connectivity index (χ0n) is 12.7. The summed E-state index contributed by atoms with van der Waals surface area (Å²) < 4.78 is 18.5. The number of nitrogens with zero attached hydrogens (tertiary/aromatic N) is 2. The van der Waals surface area contributed by atoms with Crippen molar-refractivity contribution < 1.29 is 19.0 Å². The zero-order valence-corrected chi connectivity index (χ0v) is 13.5. The standard InChI is InChI=1S/C16H17FN2O3S/c1-22-8-15-18-13(9-23-15)7-19-6-11(16(20)21)4-10-5-12(17)2-3-14(10)19/h2-3,5,9,11H,4,6-8H2,1H3,(H,20,21). The van der Waals surface area contributed by atoms with Crippen molar-refractivity contribution in [2.75, 3.05) is 18.6 Å². The Morgan fingerprint density at radius 1 is 1.57 bits per heavy atom. The summed E-state index contributed by atoms with van der Waals surface area (Å²) in [6, 6.07) is 4.55. The topological polar surface area (TPSA) is 62.7 Å². The van der Waals surface area contributed by atoms with Gasteiger partial charge in [-0.2, -0.15) is 0 Å². The minimum Gasteiger partial charge on any atom is -0.481 e. The first kappa shape index (κ1) is 15.9. The Bertz CT molecular complexity index is 719. The number of hydrogen-bond donors (Lipinski definition) is 1. The lowest BCUT2D eigenvalue weighted by Gasteiger charge is -2.34. The van der Waals surface area contributed by atoms with Gasteiger partial charge in [0.05, 0.1) is 24.8 Å². The largest absolute Gasteiger partial charge is 0.481 e. The second-order valence-corrected chi connectivity index (χ2v) is 6.50. The highest BCUT2D eigenvalue weighted by molar-refractivity contribution is 7.09. The molecule has 2 aromatic rings. The van der Waals surface area contributed by atoms with E-state index in [0.717, 1.165) is 22.0 Å². The van der Waals surface area contributed by atoms with Crippen LogP contribution in [0, 0.1) is 11.7 Å². The molecule has 1 aliphatic heterocycles. The number of aromatic nitrogens is 1. The molecule has 0 aliphatic carbocycles. The van der Waals surface area contributed by atoms with Gasteiger partial charge in [-0.25, -0.2) is 9.37 Å². The number of thiazole rings is 1. The van der Waals surface area contributed by atoms with E-state index in [-0.39, 0.29) is 5.82 Å². The molecule has 0 radical (unpaired) electrons. The highest BCUT2D eigenvalue weighted by atomic mass is 32.1. The van der Waals surface area contributed by atoms with E-state index in [1.807, 2.05) is 10.3 Å². The van der Waals surface area contributed by atoms with E-state index in [4.69, 9.17) is 4.74 Å². The van der Waals surface area contributed by atoms with Crippen LogP contribution >= 0.6 is 11.3 Å². The number of halogens is 1. The van der Waals surface area contributed by atoms with Crippen LogP contribution < -0.4 is 4.90 Å². The Hall–Kier alpha value is -1.99. The maximum Gasteiger partial charge on any atom is 0.308 e. The number of carbonyl (C=O) groups is 1. The van der Waals surface area contributed by atoms with Gasteiger partial charge < -0.3 is 14.7 Å². The van der Waals surface area contributed by atoms with Crippen molar-refractivity contribution >= 4 is 23.0 Å². The van der Waals surface area contributed by atoms with Crippen LogP contribution in [0.25, 0.3) is 0 Å². The Morgan fingerprint density at radius 3 is 3.13 bits per heavy atom. The molecule has 23 heavy (non-hydrogen) atoms. The highest BCUT2D eigenvalue weighted by Crippen LogP contribution is 2.32. The van der Waals surface area contributed by atoms with Crippen molar-refractivity contribution in [1.29, 1.82) is 0 Å². The number of rotatable bonds is 5. The first-order valence-corrected chi connectivity index (χ1v) is 8.13. The van der Waals surface area contributed by atoms with E-state index in [1.165, 1.54) is 23.5 Å². The molecule has 3 rings (SSSR count). The normalized spacial score (nSPS) is 17.1. The van der Waals surface area contributed by atoms with Crippen molar-refractivity contribution in [3.63, 3.8) is 0 Å². The fourth-order valence-corrected chi connectivity index (χ4v) is 3.60. The molecule has 2 heterocycles. The predicted octanol–water partition coefficient (Wildman–Crippen LogP) is 2.69. The van der Waals surface area contributed by atoms with Crippen molar-refractivity contribution in [3.8, 4) is 0 Å². The van der Waals surface area contributed by atoms with Crippen LogP contribution in [0.2, 0.25) is 0 Å². The first-order valence-electron chi connectivity index (χ1n) is 7.25. The van der Waals surface area contributed by atoms with E-state index in [1.54, 1.807) is 13.2 Å². The number of carboxylic acid groups (broad SMARTS) is 1. The monoisotopic (exact) mass is 336 g/mol. The number of fused-ring (bicyclic) bond motifs is 1. The van der Waals surface area contributed by atoms with E-state index < -0.39 is 11.9 Å². The van der Waals surface area contributed by atoms with Gasteiger partial charge in [0.25, 0.3) is 0 Å². The second kappa shape index (κ2) is 6.64. The number of ether oxygens (including phenoxy) is 1. The number of carboxylic acids is 1. The van der Waals surface area contributed by atoms with Crippen LogP contribution in [-0.4, -0.2) is 29.7 Å². The Morgan fingerprint density at radius 2 is 2.39 bits per heavy atom. The third kappa shape index (κ3) is 3.51. The molecule has 0 saturated heterocycles. The minimum atomic E-state index is -0.858. The summed E-state index contributed by atoms with van der Waals surface area (Å²) >= 11 is 1.51. The molecular weight excluding hydrogens is 319 g/mol. The lowest BCUT2D eigenvalue weighted by atomic mass is 9.92. The molecule has 1 unspecified atom stereocenters. The average molecular weight is 336 g/mol. The molecule has 0 saturated carbocycles. The fourth-order valence-electron chi connectivity index (χ4n) is 2.84. The van der Waals surface area contributed by atoms with E-state index in [2.05, 4.69) is 4.98 Å². The van der Waals surface area contributed by atoms with Crippen molar-refractivity contribution in [2.24, 2.45) is 5.92 Å². The van der Waals surface area contributed by atoms with Gasteiger partial charge in [-0.3, -0.25) is 4.79 Å². The summed E-state index contributed by atoms with van der Waals surface area (Å²) in [7, 11) is 1.62. The van der Waals surface area contributed by atoms with Crippen LogP contribution in [0.4, 0.5) is 10.1 Å². The van der Waals surface area contributed by atoms with Crippen LogP contribution in [0.1, 0.15) is 16.3 Å². The van der Waals surface area contributed by atoms with Crippen LogP contribution in [0.15, 0.2) is 23.6 Å². The van der Waals surface area contributed by atoms with Gasteiger partial charge in [0.1, 0.15) is 10.8 Å². The van der Waals surface area contributed by atoms with Gasteiger partial charge in [0.2, 0.25) is 0 Å². The van der Waals surface area contributed by atoms with Crippen molar-refractivity contribution in [3.05, 3.63) is 45.7 Å². The molecule has 0 bridgehead atoms. The van der Waals surface area contributed by atoms with Gasteiger partial charge in [-0.1, -0.05) is 0 Å². The maximum atomic E-state index is 13.5. The Labute approximate surface area is 137 Å². The highest BCUT2D eigenvalue weighted by Gasteiger charge is 2.29. The molecule has 1 aromatic heterocycles. The molecule has 5 nitrogen and oxygen atoms in total. The first-order chi connectivity index (χ1) is 11.1. The molecule has 0 amide bonds. The molecule has 1 N–H and O–H groups in total. The molecule has 0 spiro atoms. The van der Waals surface area contributed by atoms with Gasteiger partial charge in [0, 0.05) is 24.7 Å². The number of benzene rings is 1. The van der Waals surface area contributed by atoms with E-state index >= 15 is 0 Å². The molecule has 1 aromatic carbocycles. The number of anilines is 1. The Balaban J connectivity index is 1.86. The predicted molar refractivity (Wildman–Crippen MR) is 85.1 cm³/mol. The quantitative estimate of drug-likeness (QED) is 0.909. The van der Waals surface area contributed by atoms with Crippen molar-refractivity contribution in [1.82, 2.24) is 4.98 Å².